The molecule has 1 saturated heterocycles. The molecule has 1 aromatic rings. The number of carbonyl (C=O) groups excluding carboxylic acids is 2. The fourth-order valence-electron chi connectivity index (χ4n) is 2.55. The standard InChI is InChI=1S/C16H23N3O3S/c1-4-18(5-2)16(21)13-10-23-11-19(13)15(20)12-8-7-9-17-14(12)22-6-3/h7-9,13H,4-6,10-11H2,1-3H3/t13-/m0/s1. The van der Waals surface area contributed by atoms with E-state index in [4.69, 9.17) is 4.74 Å². The Morgan fingerprint density at radius 3 is 2.78 bits per heavy atom. The van der Waals surface area contributed by atoms with E-state index >= 15 is 0 Å². The van der Waals surface area contributed by atoms with Crippen LogP contribution in [0.1, 0.15) is 31.1 Å². The van der Waals surface area contributed by atoms with Crippen LogP contribution in [0.3, 0.4) is 0 Å². The zero-order valence-corrected chi connectivity index (χ0v) is 14.6. The van der Waals surface area contributed by atoms with Gasteiger partial charge in [-0.25, -0.2) is 4.98 Å². The Morgan fingerprint density at radius 1 is 1.39 bits per heavy atom. The Balaban J connectivity index is 2.23. The first kappa shape index (κ1) is 17.6. The summed E-state index contributed by atoms with van der Waals surface area (Å²) in [5, 5.41) is 0. The zero-order valence-electron chi connectivity index (χ0n) is 13.8. The monoisotopic (exact) mass is 337 g/mol. The normalized spacial score (nSPS) is 17.2. The molecule has 0 unspecified atom stereocenters. The van der Waals surface area contributed by atoms with E-state index in [1.54, 1.807) is 39.9 Å². The molecule has 2 heterocycles. The highest BCUT2D eigenvalue weighted by atomic mass is 32.2. The molecule has 1 aromatic heterocycles. The highest BCUT2D eigenvalue weighted by Gasteiger charge is 2.37. The second-order valence-electron chi connectivity index (χ2n) is 5.09. The van der Waals surface area contributed by atoms with Crippen LogP contribution >= 0.6 is 11.8 Å². The molecule has 126 valence electrons. The van der Waals surface area contributed by atoms with Gasteiger partial charge >= 0.3 is 0 Å². The molecular formula is C16H23N3O3S. The van der Waals surface area contributed by atoms with Crippen molar-refractivity contribution in [2.75, 3.05) is 31.3 Å². The lowest BCUT2D eigenvalue weighted by molar-refractivity contribution is -0.134. The van der Waals surface area contributed by atoms with Crippen molar-refractivity contribution in [2.24, 2.45) is 0 Å². The molecule has 0 aromatic carbocycles. The van der Waals surface area contributed by atoms with E-state index in [0.717, 1.165) is 0 Å². The predicted molar refractivity (Wildman–Crippen MR) is 90.6 cm³/mol. The summed E-state index contributed by atoms with van der Waals surface area (Å²) < 4.78 is 5.44. The Bertz CT molecular complexity index is 563. The van der Waals surface area contributed by atoms with Crippen LogP contribution in [0.15, 0.2) is 18.3 Å². The summed E-state index contributed by atoms with van der Waals surface area (Å²) in [6, 6.07) is 2.99. The van der Waals surface area contributed by atoms with Crippen molar-refractivity contribution >= 4 is 23.6 Å². The molecule has 1 aliphatic rings. The van der Waals surface area contributed by atoms with Gasteiger partial charge in [0.25, 0.3) is 5.91 Å². The van der Waals surface area contributed by atoms with Gasteiger partial charge in [0.1, 0.15) is 11.6 Å². The number of likely N-dealkylation sites (N-methyl/N-ethyl adjacent to an activating group) is 1. The summed E-state index contributed by atoms with van der Waals surface area (Å²) in [6.07, 6.45) is 1.60. The molecule has 0 N–H and O–H groups in total. The van der Waals surface area contributed by atoms with Crippen LogP contribution in [0.2, 0.25) is 0 Å². The van der Waals surface area contributed by atoms with E-state index in [1.165, 1.54) is 0 Å². The molecule has 1 fully saturated rings. The van der Waals surface area contributed by atoms with Gasteiger partial charge in [0.15, 0.2) is 0 Å². The van der Waals surface area contributed by atoms with E-state index in [1.807, 2.05) is 20.8 Å². The molecule has 6 nitrogen and oxygen atoms in total. The maximum absolute atomic E-state index is 12.9. The third-order valence-electron chi connectivity index (χ3n) is 3.79. The molecule has 2 rings (SSSR count). The number of thioether (sulfide) groups is 1. The van der Waals surface area contributed by atoms with Crippen LogP contribution in [0.5, 0.6) is 5.88 Å². The number of nitrogens with zero attached hydrogens (tertiary/aromatic N) is 3. The predicted octanol–water partition coefficient (Wildman–Crippen LogP) is 1.86. The van der Waals surface area contributed by atoms with Gasteiger partial charge in [-0.05, 0) is 32.9 Å². The fraction of sp³-hybridized carbons (Fsp3) is 0.562. The maximum Gasteiger partial charge on any atom is 0.260 e. The van der Waals surface area contributed by atoms with Gasteiger partial charge in [-0.1, -0.05) is 0 Å². The minimum absolute atomic E-state index is 0.00944. The second kappa shape index (κ2) is 8.19. The van der Waals surface area contributed by atoms with Crippen molar-refractivity contribution in [1.29, 1.82) is 0 Å². The van der Waals surface area contributed by atoms with Crippen LogP contribution < -0.4 is 4.74 Å². The van der Waals surface area contributed by atoms with Gasteiger partial charge in [-0.15, -0.1) is 11.8 Å². The van der Waals surface area contributed by atoms with Gasteiger partial charge in [-0.2, -0.15) is 0 Å². The third-order valence-corrected chi connectivity index (χ3v) is 4.80. The number of hydrogen-bond acceptors (Lipinski definition) is 5. The summed E-state index contributed by atoms with van der Waals surface area (Å²) in [4.78, 5) is 33.0. The molecule has 0 saturated carbocycles. The van der Waals surface area contributed by atoms with E-state index in [0.29, 0.717) is 42.8 Å². The Morgan fingerprint density at radius 2 is 2.13 bits per heavy atom. The van der Waals surface area contributed by atoms with Crippen molar-refractivity contribution in [2.45, 2.75) is 26.8 Å². The van der Waals surface area contributed by atoms with E-state index in [-0.39, 0.29) is 11.8 Å². The molecule has 1 atom stereocenters. The number of pyridine rings is 1. The largest absolute Gasteiger partial charge is 0.477 e. The Hall–Kier alpha value is -1.76. The number of amides is 2. The lowest BCUT2D eigenvalue weighted by Gasteiger charge is -2.28. The quantitative estimate of drug-likeness (QED) is 0.793. The average Bonchev–Trinajstić information content (AvgIpc) is 3.05. The summed E-state index contributed by atoms with van der Waals surface area (Å²) >= 11 is 1.60. The van der Waals surface area contributed by atoms with Crippen molar-refractivity contribution in [1.82, 2.24) is 14.8 Å². The van der Waals surface area contributed by atoms with E-state index in [9.17, 15) is 9.59 Å². The summed E-state index contributed by atoms with van der Waals surface area (Å²) in [7, 11) is 0. The van der Waals surface area contributed by atoms with Crippen molar-refractivity contribution in [3.63, 3.8) is 0 Å². The first-order valence-electron chi connectivity index (χ1n) is 7.89. The lowest BCUT2D eigenvalue weighted by Crippen LogP contribution is -2.49. The Labute approximate surface area is 141 Å². The van der Waals surface area contributed by atoms with Crippen LogP contribution in [0, 0.1) is 0 Å². The molecule has 0 aliphatic carbocycles. The maximum atomic E-state index is 12.9. The Kier molecular flexibility index (Phi) is 6.27. The summed E-state index contributed by atoms with van der Waals surface area (Å²) in [5.74, 6) is 1.28. The number of carbonyl (C=O) groups is 2. The lowest BCUT2D eigenvalue weighted by atomic mass is 10.2. The molecule has 23 heavy (non-hydrogen) atoms. The van der Waals surface area contributed by atoms with Crippen LogP contribution in [-0.2, 0) is 4.79 Å². The van der Waals surface area contributed by atoms with Crippen molar-refractivity contribution < 1.29 is 14.3 Å². The minimum Gasteiger partial charge on any atom is -0.477 e. The topological polar surface area (TPSA) is 62.7 Å². The minimum atomic E-state index is -0.415. The van der Waals surface area contributed by atoms with Crippen LogP contribution in [0.4, 0.5) is 0 Å². The summed E-state index contributed by atoms with van der Waals surface area (Å²) in [5.41, 5.74) is 0.411. The first-order valence-corrected chi connectivity index (χ1v) is 9.04. The number of aromatic nitrogens is 1. The van der Waals surface area contributed by atoms with Gasteiger partial charge in [0, 0.05) is 25.0 Å². The molecule has 0 spiro atoms. The number of hydrogen-bond donors (Lipinski definition) is 0. The number of rotatable bonds is 6. The van der Waals surface area contributed by atoms with Gasteiger partial charge in [-0.3, -0.25) is 9.59 Å². The number of ether oxygens (including phenoxy) is 1. The highest BCUT2D eigenvalue weighted by Crippen LogP contribution is 2.27. The molecule has 1 aliphatic heterocycles. The van der Waals surface area contributed by atoms with E-state index in [2.05, 4.69) is 4.98 Å². The van der Waals surface area contributed by atoms with Crippen LogP contribution in [0.25, 0.3) is 0 Å². The molecule has 0 bridgehead atoms. The molecular weight excluding hydrogens is 314 g/mol. The van der Waals surface area contributed by atoms with Gasteiger partial charge in [0.05, 0.1) is 12.5 Å². The van der Waals surface area contributed by atoms with E-state index < -0.39 is 6.04 Å². The molecule has 2 amide bonds. The van der Waals surface area contributed by atoms with Gasteiger partial charge in [0.2, 0.25) is 11.8 Å². The highest BCUT2D eigenvalue weighted by molar-refractivity contribution is 7.99. The van der Waals surface area contributed by atoms with Gasteiger partial charge < -0.3 is 14.5 Å². The fourth-order valence-corrected chi connectivity index (χ4v) is 3.70. The average molecular weight is 337 g/mol. The zero-order chi connectivity index (χ0) is 16.8. The van der Waals surface area contributed by atoms with Crippen LogP contribution in [-0.4, -0.2) is 64.0 Å². The second-order valence-corrected chi connectivity index (χ2v) is 6.09. The molecule has 0 radical (unpaired) electrons. The third kappa shape index (κ3) is 3.77. The molecule has 7 heteroatoms. The summed E-state index contributed by atoms with van der Waals surface area (Å²) in [6.45, 7) is 7.48. The van der Waals surface area contributed by atoms with Crippen molar-refractivity contribution in [3.8, 4) is 5.88 Å². The van der Waals surface area contributed by atoms with Crippen molar-refractivity contribution in [3.05, 3.63) is 23.9 Å². The SMILES string of the molecule is CCOc1ncccc1C(=O)N1CSC[C@H]1C(=O)N(CC)CC. The first-order chi connectivity index (χ1) is 11.1. The smallest absolute Gasteiger partial charge is 0.260 e.